The lowest BCUT2D eigenvalue weighted by molar-refractivity contribution is -0.116. The van der Waals surface area contributed by atoms with Crippen molar-refractivity contribution >= 4 is 11.6 Å². The fourth-order valence-corrected chi connectivity index (χ4v) is 1.50. The summed E-state index contributed by atoms with van der Waals surface area (Å²) in [6, 6.07) is 8.91. The van der Waals surface area contributed by atoms with E-state index in [1.54, 1.807) is 24.3 Å². The molecule has 102 valence electrons. The van der Waals surface area contributed by atoms with E-state index >= 15 is 0 Å². The molecule has 1 N–H and O–H groups in total. The second-order valence-corrected chi connectivity index (χ2v) is 5.31. The van der Waals surface area contributed by atoms with Gasteiger partial charge in [0.1, 0.15) is 0 Å². The van der Waals surface area contributed by atoms with E-state index in [0.717, 1.165) is 0 Å². The third kappa shape index (κ3) is 6.58. The van der Waals surface area contributed by atoms with Crippen LogP contribution in [0.25, 0.3) is 0 Å². The first kappa shape index (κ1) is 15.2. The minimum atomic E-state index is -0.169. The van der Waals surface area contributed by atoms with E-state index in [4.69, 9.17) is 10.00 Å². The lowest BCUT2D eigenvalue weighted by Gasteiger charge is -2.19. The molecule has 0 bridgehead atoms. The minimum absolute atomic E-state index is 0.0624. The van der Waals surface area contributed by atoms with E-state index in [1.807, 2.05) is 26.8 Å². The molecule has 1 aromatic rings. The van der Waals surface area contributed by atoms with Gasteiger partial charge in [-0.15, -0.1) is 0 Å². The number of nitrogens with one attached hydrogen (secondary N) is 1. The molecule has 4 heteroatoms. The predicted molar refractivity (Wildman–Crippen MR) is 74.7 cm³/mol. The van der Waals surface area contributed by atoms with Gasteiger partial charge in [-0.25, -0.2) is 0 Å². The zero-order valence-electron chi connectivity index (χ0n) is 11.7. The number of hydrogen-bond donors (Lipinski definition) is 1. The first-order chi connectivity index (χ1) is 8.90. The maximum atomic E-state index is 11.7. The zero-order chi connectivity index (χ0) is 14.3. The molecule has 1 aromatic carbocycles. The fraction of sp³-hybridized carbons (Fsp3) is 0.467. The van der Waals surface area contributed by atoms with Crippen LogP contribution in [0.1, 0.15) is 39.2 Å². The predicted octanol–water partition coefficient (Wildman–Crippen LogP) is 3.09. The molecule has 0 aliphatic rings. The topological polar surface area (TPSA) is 62.1 Å². The van der Waals surface area contributed by atoms with Crippen LogP contribution in [0.4, 0.5) is 5.69 Å². The van der Waals surface area contributed by atoms with Crippen LogP contribution in [0.15, 0.2) is 24.3 Å². The molecule has 0 heterocycles. The Labute approximate surface area is 114 Å². The highest BCUT2D eigenvalue weighted by molar-refractivity contribution is 5.90. The molecule has 0 fully saturated rings. The lowest BCUT2D eigenvalue weighted by Crippen LogP contribution is -2.20. The monoisotopic (exact) mass is 260 g/mol. The van der Waals surface area contributed by atoms with E-state index < -0.39 is 0 Å². The number of anilines is 1. The maximum absolute atomic E-state index is 11.7. The molecule has 0 unspecified atom stereocenters. The maximum Gasteiger partial charge on any atom is 0.224 e. The second kappa shape index (κ2) is 6.91. The van der Waals surface area contributed by atoms with Crippen molar-refractivity contribution in [2.75, 3.05) is 11.9 Å². The molecule has 0 saturated heterocycles. The molecule has 0 aromatic heterocycles. The van der Waals surface area contributed by atoms with E-state index in [9.17, 15) is 4.79 Å². The summed E-state index contributed by atoms with van der Waals surface area (Å²) in [6.45, 7) is 6.52. The number of nitrogens with zero attached hydrogens (tertiary/aromatic N) is 1. The van der Waals surface area contributed by atoms with Gasteiger partial charge in [-0.2, -0.15) is 5.26 Å². The molecule has 0 saturated carbocycles. The summed E-state index contributed by atoms with van der Waals surface area (Å²) in [5.41, 5.74) is 1.02. The van der Waals surface area contributed by atoms with Crippen LogP contribution in [0, 0.1) is 11.3 Å². The number of benzene rings is 1. The highest BCUT2D eigenvalue weighted by Gasteiger charge is 2.10. The lowest BCUT2D eigenvalue weighted by atomic mass is 10.2. The highest BCUT2D eigenvalue weighted by Crippen LogP contribution is 2.11. The number of rotatable bonds is 5. The van der Waals surface area contributed by atoms with E-state index in [1.165, 1.54) is 0 Å². The Morgan fingerprint density at radius 2 is 2.16 bits per heavy atom. The van der Waals surface area contributed by atoms with Crippen LogP contribution in [0.3, 0.4) is 0 Å². The van der Waals surface area contributed by atoms with Crippen molar-refractivity contribution in [1.29, 1.82) is 5.26 Å². The van der Waals surface area contributed by atoms with Gasteiger partial charge in [-0.3, -0.25) is 4.79 Å². The van der Waals surface area contributed by atoms with Gasteiger partial charge in [0, 0.05) is 18.7 Å². The number of carbonyl (C=O) groups excluding carboxylic acids is 1. The van der Waals surface area contributed by atoms with E-state index in [0.29, 0.717) is 30.7 Å². The standard InChI is InChI=1S/C15H20N2O2/c1-15(2,3)19-9-5-8-14(18)17-13-7-4-6-12(10-13)11-16/h4,6-7,10H,5,8-9H2,1-3H3,(H,17,18). The van der Waals surface area contributed by atoms with E-state index in [-0.39, 0.29) is 11.5 Å². The van der Waals surface area contributed by atoms with Gasteiger partial charge < -0.3 is 10.1 Å². The van der Waals surface area contributed by atoms with Gasteiger partial charge in [0.2, 0.25) is 5.91 Å². The van der Waals surface area contributed by atoms with Crippen molar-refractivity contribution in [3.05, 3.63) is 29.8 Å². The Bertz CT molecular complexity index is 470. The highest BCUT2D eigenvalue weighted by atomic mass is 16.5. The fourth-order valence-electron chi connectivity index (χ4n) is 1.50. The Hall–Kier alpha value is -1.86. The van der Waals surface area contributed by atoms with Crippen LogP contribution in [0.2, 0.25) is 0 Å². The van der Waals surface area contributed by atoms with Crippen molar-refractivity contribution in [3.8, 4) is 6.07 Å². The van der Waals surface area contributed by atoms with Crippen LogP contribution in [-0.4, -0.2) is 18.1 Å². The van der Waals surface area contributed by atoms with Crippen LogP contribution in [-0.2, 0) is 9.53 Å². The van der Waals surface area contributed by atoms with Crippen LogP contribution < -0.4 is 5.32 Å². The van der Waals surface area contributed by atoms with Crippen molar-refractivity contribution in [2.24, 2.45) is 0 Å². The third-order valence-corrected chi connectivity index (χ3v) is 2.36. The number of ether oxygens (including phenoxy) is 1. The summed E-state index contributed by atoms with van der Waals surface area (Å²) >= 11 is 0. The Balaban J connectivity index is 2.33. The van der Waals surface area contributed by atoms with Crippen molar-refractivity contribution in [3.63, 3.8) is 0 Å². The average Bonchev–Trinajstić information content (AvgIpc) is 2.34. The Kier molecular flexibility index (Phi) is 5.53. The number of carbonyl (C=O) groups is 1. The van der Waals surface area contributed by atoms with Gasteiger partial charge >= 0.3 is 0 Å². The van der Waals surface area contributed by atoms with Crippen LogP contribution in [0.5, 0.6) is 0 Å². The largest absolute Gasteiger partial charge is 0.376 e. The molecule has 0 atom stereocenters. The Morgan fingerprint density at radius 3 is 2.79 bits per heavy atom. The first-order valence-electron chi connectivity index (χ1n) is 6.35. The molecule has 0 radical (unpaired) electrons. The normalized spacial score (nSPS) is 10.8. The molecule has 0 aliphatic carbocycles. The molecule has 1 rings (SSSR count). The molecule has 0 spiro atoms. The SMILES string of the molecule is CC(C)(C)OCCCC(=O)Nc1cccc(C#N)c1. The van der Waals surface area contributed by atoms with Gasteiger partial charge in [0.15, 0.2) is 0 Å². The zero-order valence-corrected chi connectivity index (χ0v) is 11.7. The molecule has 4 nitrogen and oxygen atoms in total. The molecule has 1 amide bonds. The number of hydrogen-bond acceptors (Lipinski definition) is 3. The quantitative estimate of drug-likeness (QED) is 0.827. The summed E-state index contributed by atoms with van der Waals surface area (Å²) in [4.78, 5) is 11.7. The molecular weight excluding hydrogens is 240 g/mol. The minimum Gasteiger partial charge on any atom is -0.376 e. The third-order valence-electron chi connectivity index (χ3n) is 2.36. The van der Waals surface area contributed by atoms with Crippen LogP contribution >= 0.6 is 0 Å². The average molecular weight is 260 g/mol. The summed E-state index contributed by atoms with van der Waals surface area (Å²) in [6.07, 6.45) is 1.09. The summed E-state index contributed by atoms with van der Waals surface area (Å²) < 4.78 is 5.54. The summed E-state index contributed by atoms with van der Waals surface area (Å²) in [5, 5.41) is 11.5. The number of nitriles is 1. The van der Waals surface area contributed by atoms with Crippen molar-refractivity contribution in [2.45, 2.75) is 39.2 Å². The molecule has 19 heavy (non-hydrogen) atoms. The van der Waals surface area contributed by atoms with Gasteiger partial charge in [0.25, 0.3) is 0 Å². The number of amides is 1. The van der Waals surface area contributed by atoms with E-state index in [2.05, 4.69) is 5.32 Å². The van der Waals surface area contributed by atoms with Gasteiger partial charge in [-0.1, -0.05) is 6.07 Å². The molecular formula is C15H20N2O2. The Morgan fingerprint density at radius 1 is 1.42 bits per heavy atom. The second-order valence-electron chi connectivity index (χ2n) is 5.31. The van der Waals surface area contributed by atoms with Crippen molar-refractivity contribution < 1.29 is 9.53 Å². The summed E-state index contributed by atoms with van der Waals surface area (Å²) in [7, 11) is 0. The smallest absolute Gasteiger partial charge is 0.224 e. The molecule has 0 aliphatic heterocycles. The van der Waals surface area contributed by atoms with Gasteiger partial charge in [0.05, 0.1) is 17.2 Å². The van der Waals surface area contributed by atoms with Gasteiger partial charge in [-0.05, 0) is 45.4 Å². The summed E-state index contributed by atoms with van der Waals surface area (Å²) in [5.74, 6) is -0.0624. The van der Waals surface area contributed by atoms with Crippen molar-refractivity contribution in [1.82, 2.24) is 0 Å². The first-order valence-corrected chi connectivity index (χ1v) is 6.35.